The number of hydrogen-bond acceptors (Lipinski definition) is 1. The van der Waals surface area contributed by atoms with Crippen LogP contribution in [0.3, 0.4) is 0 Å². The molecule has 108 valence electrons. The van der Waals surface area contributed by atoms with Gasteiger partial charge >= 0.3 is 0 Å². The molecule has 0 saturated carbocycles. The highest BCUT2D eigenvalue weighted by Crippen LogP contribution is 2.23. The van der Waals surface area contributed by atoms with Crippen molar-refractivity contribution in [2.24, 2.45) is 5.92 Å². The van der Waals surface area contributed by atoms with E-state index >= 15 is 0 Å². The molecule has 0 aliphatic heterocycles. The van der Waals surface area contributed by atoms with Gasteiger partial charge in [0.05, 0.1) is 0 Å². The summed E-state index contributed by atoms with van der Waals surface area (Å²) < 4.78 is 0. The average Bonchev–Trinajstić information content (AvgIpc) is 2.31. The van der Waals surface area contributed by atoms with Crippen molar-refractivity contribution in [1.29, 1.82) is 0 Å². The second-order valence-corrected chi connectivity index (χ2v) is 6.48. The summed E-state index contributed by atoms with van der Waals surface area (Å²) in [4.78, 5) is 0. The van der Waals surface area contributed by atoms with Crippen LogP contribution in [0.2, 0.25) is 5.02 Å². The Morgan fingerprint density at radius 1 is 1.05 bits per heavy atom. The van der Waals surface area contributed by atoms with E-state index < -0.39 is 0 Å². The number of aryl methyl sites for hydroxylation is 3. The molecule has 2 heteroatoms. The molecule has 19 heavy (non-hydrogen) atoms. The SMILES string of the molecule is Cc1cc(Cl)c(CCC(C)CCNC(C)C)cc1C. The topological polar surface area (TPSA) is 12.0 Å². The average molecular weight is 282 g/mol. The van der Waals surface area contributed by atoms with Crippen LogP contribution in [0.5, 0.6) is 0 Å². The largest absolute Gasteiger partial charge is 0.315 e. The third-order valence-electron chi connectivity index (χ3n) is 3.76. The first-order valence-corrected chi connectivity index (χ1v) is 7.77. The minimum Gasteiger partial charge on any atom is -0.315 e. The maximum atomic E-state index is 6.32. The van der Waals surface area contributed by atoms with Gasteiger partial charge < -0.3 is 5.32 Å². The fourth-order valence-electron chi connectivity index (χ4n) is 2.20. The van der Waals surface area contributed by atoms with E-state index in [0.29, 0.717) is 6.04 Å². The monoisotopic (exact) mass is 281 g/mol. The summed E-state index contributed by atoms with van der Waals surface area (Å²) in [5.41, 5.74) is 3.92. The Balaban J connectivity index is 2.42. The fraction of sp³-hybridized carbons (Fsp3) is 0.647. The van der Waals surface area contributed by atoms with Crippen LogP contribution in [0.25, 0.3) is 0 Å². The number of nitrogens with one attached hydrogen (secondary N) is 1. The smallest absolute Gasteiger partial charge is 0.0440 e. The highest BCUT2D eigenvalue weighted by atomic mass is 35.5. The molecule has 0 fully saturated rings. The first kappa shape index (κ1) is 16.5. The zero-order valence-corrected chi connectivity index (χ0v) is 13.8. The second-order valence-electron chi connectivity index (χ2n) is 6.07. The van der Waals surface area contributed by atoms with Crippen LogP contribution < -0.4 is 5.32 Å². The van der Waals surface area contributed by atoms with Crippen molar-refractivity contribution >= 4 is 11.6 Å². The minimum absolute atomic E-state index is 0.585. The van der Waals surface area contributed by atoms with E-state index in [4.69, 9.17) is 11.6 Å². The molecule has 1 rings (SSSR count). The van der Waals surface area contributed by atoms with Crippen molar-refractivity contribution in [1.82, 2.24) is 5.32 Å². The van der Waals surface area contributed by atoms with Gasteiger partial charge in [0.1, 0.15) is 0 Å². The van der Waals surface area contributed by atoms with Crippen LogP contribution in [-0.2, 0) is 6.42 Å². The van der Waals surface area contributed by atoms with Crippen molar-refractivity contribution in [3.8, 4) is 0 Å². The molecule has 1 nitrogen and oxygen atoms in total. The van der Waals surface area contributed by atoms with E-state index in [1.165, 1.54) is 29.5 Å². The number of benzene rings is 1. The van der Waals surface area contributed by atoms with Crippen molar-refractivity contribution in [2.75, 3.05) is 6.54 Å². The summed E-state index contributed by atoms with van der Waals surface area (Å²) in [7, 11) is 0. The molecule has 0 aliphatic carbocycles. The van der Waals surface area contributed by atoms with Gasteiger partial charge in [-0.25, -0.2) is 0 Å². The molecule has 1 aromatic rings. The van der Waals surface area contributed by atoms with E-state index in [0.717, 1.165) is 23.9 Å². The standard InChI is InChI=1S/C17H28ClN/c1-12(2)19-9-8-13(3)6-7-16-10-14(4)15(5)11-17(16)18/h10-13,19H,6-9H2,1-5H3. The Bertz CT molecular complexity index is 398. The van der Waals surface area contributed by atoms with Gasteiger partial charge in [-0.05, 0) is 68.3 Å². The molecule has 1 unspecified atom stereocenters. The highest BCUT2D eigenvalue weighted by molar-refractivity contribution is 6.31. The summed E-state index contributed by atoms with van der Waals surface area (Å²) in [6.45, 7) is 12.1. The maximum Gasteiger partial charge on any atom is 0.0440 e. The van der Waals surface area contributed by atoms with Crippen LogP contribution in [0.1, 0.15) is 50.3 Å². The molecule has 0 spiro atoms. The molecule has 0 radical (unpaired) electrons. The maximum absolute atomic E-state index is 6.32. The Kier molecular flexibility index (Phi) is 6.88. The molecule has 1 N–H and O–H groups in total. The number of halogens is 1. The zero-order chi connectivity index (χ0) is 14.4. The first-order chi connectivity index (χ1) is 8.90. The van der Waals surface area contributed by atoms with Gasteiger partial charge in [-0.1, -0.05) is 38.4 Å². The summed E-state index contributed by atoms with van der Waals surface area (Å²) in [6.07, 6.45) is 3.53. The van der Waals surface area contributed by atoms with Gasteiger partial charge in [-0.2, -0.15) is 0 Å². The summed E-state index contributed by atoms with van der Waals surface area (Å²) in [6, 6.07) is 4.93. The molecule has 0 aromatic heterocycles. The molecule has 0 amide bonds. The van der Waals surface area contributed by atoms with Crippen LogP contribution in [0, 0.1) is 19.8 Å². The summed E-state index contributed by atoms with van der Waals surface area (Å²) in [5.74, 6) is 0.740. The number of hydrogen-bond donors (Lipinski definition) is 1. The van der Waals surface area contributed by atoms with Crippen molar-refractivity contribution in [3.63, 3.8) is 0 Å². The molecule has 0 heterocycles. The molecular formula is C17H28ClN. The normalized spacial score (nSPS) is 13.0. The van der Waals surface area contributed by atoms with Gasteiger partial charge in [-0.15, -0.1) is 0 Å². The van der Waals surface area contributed by atoms with Crippen molar-refractivity contribution in [2.45, 2.75) is 59.9 Å². The molecule has 1 atom stereocenters. The lowest BCUT2D eigenvalue weighted by Crippen LogP contribution is -2.25. The predicted molar refractivity (Wildman–Crippen MR) is 86.2 cm³/mol. The Hall–Kier alpha value is -0.530. The predicted octanol–water partition coefficient (Wildman–Crippen LogP) is 4.91. The lowest BCUT2D eigenvalue weighted by molar-refractivity contribution is 0.454. The van der Waals surface area contributed by atoms with Crippen LogP contribution in [0.4, 0.5) is 0 Å². The molecule has 0 saturated heterocycles. The van der Waals surface area contributed by atoms with Crippen LogP contribution in [-0.4, -0.2) is 12.6 Å². The van der Waals surface area contributed by atoms with Crippen LogP contribution >= 0.6 is 11.6 Å². The number of rotatable bonds is 7. The third-order valence-corrected chi connectivity index (χ3v) is 4.11. The van der Waals surface area contributed by atoms with E-state index in [2.05, 4.69) is 52.1 Å². The second kappa shape index (κ2) is 7.91. The third kappa shape index (κ3) is 5.97. The molecular weight excluding hydrogens is 254 g/mol. The Morgan fingerprint density at radius 2 is 1.68 bits per heavy atom. The van der Waals surface area contributed by atoms with Gasteiger partial charge in [-0.3, -0.25) is 0 Å². The van der Waals surface area contributed by atoms with Gasteiger partial charge in [0.2, 0.25) is 0 Å². The quantitative estimate of drug-likeness (QED) is 0.748. The van der Waals surface area contributed by atoms with Gasteiger partial charge in [0, 0.05) is 11.1 Å². The zero-order valence-electron chi connectivity index (χ0n) is 13.0. The van der Waals surface area contributed by atoms with Gasteiger partial charge in [0.25, 0.3) is 0 Å². The lowest BCUT2D eigenvalue weighted by atomic mass is 9.96. The van der Waals surface area contributed by atoms with E-state index in [-0.39, 0.29) is 0 Å². The van der Waals surface area contributed by atoms with E-state index in [1.54, 1.807) is 0 Å². The first-order valence-electron chi connectivity index (χ1n) is 7.39. The van der Waals surface area contributed by atoms with E-state index in [1.807, 2.05) is 0 Å². The Labute approximate surface area is 123 Å². The van der Waals surface area contributed by atoms with E-state index in [9.17, 15) is 0 Å². The highest BCUT2D eigenvalue weighted by Gasteiger charge is 2.07. The summed E-state index contributed by atoms with van der Waals surface area (Å²) in [5, 5.41) is 4.40. The lowest BCUT2D eigenvalue weighted by Gasteiger charge is -2.15. The molecule has 0 aliphatic rings. The Morgan fingerprint density at radius 3 is 2.32 bits per heavy atom. The van der Waals surface area contributed by atoms with Crippen molar-refractivity contribution in [3.05, 3.63) is 33.8 Å². The minimum atomic E-state index is 0.585. The van der Waals surface area contributed by atoms with Crippen LogP contribution in [0.15, 0.2) is 12.1 Å². The molecule has 0 bridgehead atoms. The fourth-order valence-corrected chi connectivity index (χ4v) is 2.51. The molecule has 1 aromatic carbocycles. The van der Waals surface area contributed by atoms with Gasteiger partial charge in [0.15, 0.2) is 0 Å². The van der Waals surface area contributed by atoms with Crippen molar-refractivity contribution < 1.29 is 0 Å². The summed E-state index contributed by atoms with van der Waals surface area (Å²) >= 11 is 6.32.